The number of nitrogens with one attached hydrogen (secondary N) is 1. The molecule has 0 spiro atoms. The van der Waals surface area contributed by atoms with E-state index in [2.05, 4.69) is 19.2 Å². The standard InChI is InChI=1S/C16H26FN/c1-13(2)12-18-10-6-4-5-7-15-8-9-16(17)14(3)11-15/h8-9,11,13,18H,4-7,10,12H2,1-3H3. The van der Waals surface area contributed by atoms with E-state index in [1.54, 1.807) is 6.07 Å². The van der Waals surface area contributed by atoms with Crippen molar-refractivity contribution in [2.75, 3.05) is 13.1 Å². The first kappa shape index (κ1) is 15.2. The molecule has 102 valence electrons. The average Bonchev–Trinajstić information content (AvgIpc) is 2.32. The smallest absolute Gasteiger partial charge is 0.126 e. The molecule has 0 amide bonds. The molecule has 0 aliphatic carbocycles. The van der Waals surface area contributed by atoms with E-state index in [4.69, 9.17) is 0 Å². The topological polar surface area (TPSA) is 12.0 Å². The molecule has 0 fully saturated rings. The van der Waals surface area contributed by atoms with Crippen molar-refractivity contribution in [1.82, 2.24) is 5.32 Å². The Morgan fingerprint density at radius 2 is 1.94 bits per heavy atom. The molecule has 1 nitrogen and oxygen atoms in total. The van der Waals surface area contributed by atoms with Gasteiger partial charge in [-0.3, -0.25) is 0 Å². The fourth-order valence-corrected chi connectivity index (χ4v) is 2.01. The van der Waals surface area contributed by atoms with E-state index in [9.17, 15) is 4.39 Å². The summed E-state index contributed by atoms with van der Waals surface area (Å²) in [6, 6.07) is 5.44. The van der Waals surface area contributed by atoms with Crippen molar-refractivity contribution in [3.63, 3.8) is 0 Å². The predicted molar refractivity (Wildman–Crippen MR) is 76.4 cm³/mol. The number of hydrogen-bond donors (Lipinski definition) is 1. The summed E-state index contributed by atoms with van der Waals surface area (Å²) >= 11 is 0. The summed E-state index contributed by atoms with van der Waals surface area (Å²) in [5.41, 5.74) is 2.01. The first-order valence-electron chi connectivity index (χ1n) is 7.05. The van der Waals surface area contributed by atoms with E-state index in [1.807, 2.05) is 19.1 Å². The van der Waals surface area contributed by atoms with Gasteiger partial charge < -0.3 is 5.32 Å². The zero-order chi connectivity index (χ0) is 13.4. The maximum atomic E-state index is 13.1. The average molecular weight is 251 g/mol. The minimum atomic E-state index is -0.100. The van der Waals surface area contributed by atoms with Gasteiger partial charge in [-0.05, 0) is 62.4 Å². The lowest BCUT2D eigenvalue weighted by atomic mass is 10.0. The molecule has 2 heteroatoms. The molecule has 0 saturated carbocycles. The Bertz CT molecular complexity index is 347. The van der Waals surface area contributed by atoms with Crippen molar-refractivity contribution < 1.29 is 4.39 Å². The largest absolute Gasteiger partial charge is 0.316 e. The van der Waals surface area contributed by atoms with Crippen molar-refractivity contribution in [3.05, 3.63) is 35.1 Å². The molecular weight excluding hydrogens is 225 g/mol. The Labute approximate surface area is 111 Å². The zero-order valence-electron chi connectivity index (χ0n) is 11.9. The van der Waals surface area contributed by atoms with E-state index < -0.39 is 0 Å². The molecule has 1 aromatic carbocycles. The number of rotatable bonds is 8. The third-order valence-electron chi connectivity index (χ3n) is 3.09. The third-order valence-corrected chi connectivity index (χ3v) is 3.09. The highest BCUT2D eigenvalue weighted by Crippen LogP contribution is 2.12. The molecular formula is C16H26FN. The van der Waals surface area contributed by atoms with Crippen molar-refractivity contribution >= 4 is 0 Å². The molecule has 0 aromatic heterocycles. The molecule has 18 heavy (non-hydrogen) atoms. The van der Waals surface area contributed by atoms with Gasteiger partial charge in [0.1, 0.15) is 5.82 Å². The second kappa shape index (κ2) is 8.25. The van der Waals surface area contributed by atoms with Gasteiger partial charge in [0.2, 0.25) is 0 Å². The van der Waals surface area contributed by atoms with Crippen molar-refractivity contribution in [2.24, 2.45) is 5.92 Å². The van der Waals surface area contributed by atoms with Gasteiger partial charge in [0.05, 0.1) is 0 Å². The minimum absolute atomic E-state index is 0.100. The normalized spacial score (nSPS) is 11.2. The highest BCUT2D eigenvalue weighted by atomic mass is 19.1. The lowest BCUT2D eigenvalue weighted by Gasteiger charge is -2.07. The summed E-state index contributed by atoms with van der Waals surface area (Å²) in [7, 11) is 0. The van der Waals surface area contributed by atoms with Crippen LogP contribution in [0.5, 0.6) is 0 Å². The summed E-state index contributed by atoms with van der Waals surface area (Å²) in [5.74, 6) is 0.629. The predicted octanol–water partition coefficient (Wildman–Crippen LogP) is 4.09. The van der Waals surface area contributed by atoms with Crippen LogP contribution in [0.25, 0.3) is 0 Å². The van der Waals surface area contributed by atoms with Gasteiger partial charge in [0, 0.05) is 0 Å². The van der Waals surface area contributed by atoms with Crippen LogP contribution in [0.2, 0.25) is 0 Å². The quantitative estimate of drug-likeness (QED) is 0.686. The lowest BCUT2D eigenvalue weighted by molar-refractivity contribution is 0.530. The molecule has 0 unspecified atom stereocenters. The fourth-order valence-electron chi connectivity index (χ4n) is 2.01. The van der Waals surface area contributed by atoms with Crippen molar-refractivity contribution in [1.29, 1.82) is 0 Å². The van der Waals surface area contributed by atoms with Crippen LogP contribution in [0.4, 0.5) is 4.39 Å². The van der Waals surface area contributed by atoms with Crippen LogP contribution in [-0.2, 0) is 6.42 Å². The van der Waals surface area contributed by atoms with Gasteiger partial charge >= 0.3 is 0 Å². The van der Waals surface area contributed by atoms with Crippen molar-refractivity contribution in [2.45, 2.75) is 46.5 Å². The van der Waals surface area contributed by atoms with E-state index >= 15 is 0 Å². The third kappa shape index (κ3) is 6.15. The molecule has 0 saturated heterocycles. The SMILES string of the molecule is Cc1cc(CCCCCNCC(C)C)ccc1F. The van der Waals surface area contributed by atoms with Gasteiger partial charge in [-0.1, -0.05) is 32.4 Å². The van der Waals surface area contributed by atoms with E-state index in [0.29, 0.717) is 0 Å². The Balaban J connectivity index is 2.09. The van der Waals surface area contributed by atoms with Crippen LogP contribution >= 0.6 is 0 Å². The maximum absolute atomic E-state index is 13.1. The van der Waals surface area contributed by atoms with Crippen LogP contribution in [0.3, 0.4) is 0 Å². The summed E-state index contributed by atoms with van der Waals surface area (Å²) < 4.78 is 13.1. The van der Waals surface area contributed by atoms with Gasteiger partial charge in [0.15, 0.2) is 0 Å². The number of hydrogen-bond acceptors (Lipinski definition) is 1. The highest BCUT2D eigenvalue weighted by Gasteiger charge is 1.99. The van der Waals surface area contributed by atoms with Crippen LogP contribution in [0.1, 0.15) is 44.2 Å². The molecule has 0 radical (unpaired) electrons. The number of halogens is 1. The number of unbranched alkanes of at least 4 members (excludes halogenated alkanes) is 2. The molecule has 0 bridgehead atoms. The molecule has 0 heterocycles. The number of aryl methyl sites for hydroxylation is 2. The lowest BCUT2D eigenvalue weighted by Crippen LogP contribution is -2.20. The highest BCUT2D eigenvalue weighted by molar-refractivity contribution is 5.23. The molecule has 1 rings (SSSR count). The summed E-state index contributed by atoms with van der Waals surface area (Å²) in [6.07, 6.45) is 4.72. The molecule has 1 N–H and O–H groups in total. The summed E-state index contributed by atoms with van der Waals surface area (Å²) in [6.45, 7) is 8.50. The zero-order valence-corrected chi connectivity index (χ0v) is 11.9. The molecule has 0 atom stereocenters. The monoisotopic (exact) mass is 251 g/mol. The Morgan fingerprint density at radius 1 is 1.17 bits per heavy atom. The second-order valence-corrected chi connectivity index (χ2v) is 5.49. The second-order valence-electron chi connectivity index (χ2n) is 5.49. The van der Waals surface area contributed by atoms with Gasteiger partial charge in [-0.15, -0.1) is 0 Å². The van der Waals surface area contributed by atoms with Crippen LogP contribution < -0.4 is 5.32 Å². The molecule has 0 aliphatic rings. The van der Waals surface area contributed by atoms with Gasteiger partial charge in [0.25, 0.3) is 0 Å². The molecule has 1 aromatic rings. The first-order chi connectivity index (χ1) is 8.59. The Hall–Kier alpha value is -0.890. The van der Waals surface area contributed by atoms with E-state index in [0.717, 1.165) is 31.0 Å². The maximum Gasteiger partial charge on any atom is 0.126 e. The van der Waals surface area contributed by atoms with Crippen molar-refractivity contribution in [3.8, 4) is 0 Å². The van der Waals surface area contributed by atoms with E-state index in [1.165, 1.54) is 24.8 Å². The van der Waals surface area contributed by atoms with Crippen LogP contribution in [0.15, 0.2) is 18.2 Å². The van der Waals surface area contributed by atoms with Gasteiger partial charge in [-0.25, -0.2) is 4.39 Å². The summed E-state index contributed by atoms with van der Waals surface area (Å²) in [4.78, 5) is 0. The van der Waals surface area contributed by atoms with E-state index in [-0.39, 0.29) is 5.82 Å². The molecule has 0 aliphatic heterocycles. The first-order valence-corrected chi connectivity index (χ1v) is 7.05. The Morgan fingerprint density at radius 3 is 2.61 bits per heavy atom. The number of benzene rings is 1. The Kier molecular flexibility index (Phi) is 6.96. The van der Waals surface area contributed by atoms with Crippen LogP contribution in [-0.4, -0.2) is 13.1 Å². The van der Waals surface area contributed by atoms with Gasteiger partial charge in [-0.2, -0.15) is 0 Å². The fraction of sp³-hybridized carbons (Fsp3) is 0.625. The minimum Gasteiger partial charge on any atom is -0.316 e. The van der Waals surface area contributed by atoms with Crippen LogP contribution in [0, 0.1) is 18.7 Å². The summed E-state index contributed by atoms with van der Waals surface area (Å²) in [5, 5.41) is 3.45.